The van der Waals surface area contributed by atoms with Crippen molar-refractivity contribution in [1.82, 2.24) is 14.9 Å². The van der Waals surface area contributed by atoms with Gasteiger partial charge in [0.15, 0.2) is 0 Å². The molecule has 0 spiro atoms. The minimum absolute atomic E-state index is 0.138. The molecular weight excluding hydrogens is 244 g/mol. The van der Waals surface area contributed by atoms with Crippen molar-refractivity contribution in [1.29, 1.82) is 0 Å². The van der Waals surface area contributed by atoms with E-state index in [1.807, 2.05) is 31.2 Å². The quantitative estimate of drug-likeness (QED) is 0.845. The van der Waals surface area contributed by atoms with Crippen molar-refractivity contribution in [2.24, 2.45) is 0 Å². The number of carbonyl (C=O) groups is 2. The number of hydrogen-bond acceptors (Lipinski definition) is 3. The number of hydrogen-bond donors (Lipinski definition) is 2. The second kappa shape index (κ2) is 4.38. The molecule has 98 valence electrons. The third kappa shape index (κ3) is 1.85. The van der Waals surface area contributed by atoms with Crippen LogP contribution in [0.15, 0.2) is 24.3 Å². The fourth-order valence-electron chi connectivity index (χ4n) is 2.39. The van der Waals surface area contributed by atoms with Crippen molar-refractivity contribution in [3.05, 3.63) is 24.3 Å². The monoisotopic (exact) mass is 258 g/mol. The maximum atomic E-state index is 12.1. The molecule has 1 aliphatic rings. The van der Waals surface area contributed by atoms with Crippen molar-refractivity contribution in [2.75, 3.05) is 11.9 Å². The molecule has 0 fully saturated rings. The topological polar surface area (TPSA) is 76.0 Å². The molecule has 0 bridgehead atoms. The maximum Gasteiger partial charge on any atom is 0.243 e. The lowest BCUT2D eigenvalue weighted by atomic mass is 10.1. The highest BCUT2D eigenvalue weighted by Gasteiger charge is 2.32. The molecule has 2 amide bonds. The van der Waals surface area contributed by atoms with Crippen LogP contribution in [0.1, 0.15) is 19.4 Å². The summed E-state index contributed by atoms with van der Waals surface area (Å²) in [5.41, 5.74) is 1.63. The standard InChI is InChI=1S/C13H14N4O2/c1-2-14-12(19)10-7-11(18)16-13-15-8-5-3-4-6-9(8)17(10)13/h3-6,10H,2,7H2,1H3,(H,14,19)(H,15,16,18). The Kier molecular flexibility index (Phi) is 2.70. The highest BCUT2D eigenvalue weighted by atomic mass is 16.2. The number of imidazole rings is 1. The van der Waals surface area contributed by atoms with E-state index in [4.69, 9.17) is 0 Å². The van der Waals surface area contributed by atoms with Gasteiger partial charge in [-0.2, -0.15) is 0 Å². The summed E-state index contributed by atoms with van der Waals surface area (Å²) in [5, 5.41) is 5.47. The first-order valence-corrected chi connectivity index (χ1v) is 6.25. The van der Waals surface area contributed by atoms with E-state index < -0.39 is 6.04 Å². The summed E-state index contributed by atoms with van der Waals surface area (Å²) in [7, 11) is 0. The molecule has 1 aromatic heterocycles. The van der Waals surface area contributed by atoms with E-state index in [9.17, 15) is 9.59 Å². The van der Waals surface area contributed by atoms with E-state index in [0.717, 1.165) is 11.0 Å². The van der Waals surface area contributed by atoms with Crippen LogP contribution in [0, 0.1) is 0 Å². The molecule has 2 N–H and O–H groups in total. The fraction of sp³-hybridized carbons (Fsp3) is 0.308. The Hall–Kier alpha value is -2.37. The summed E-state index contributed by atoms with van der Waals surface area (Å²) in [6.07, 6.45) is 0.138. The minimum atomic E-state index is -0.531. The second-order valence-electron chi connectivity index (χ2n) is 4.46. The average Bonchev–Trinajstić information content (AvgIpc) is 2.75. The van der Waals surface area contributed by atoms with Gasteiger partial charge < -0.3 is 5.32 Å². The third-order valence-electron chi connectivity index (χ3n) is 3.19. The first-order valence-electron chi connectivity index (χ1n) is 6.25. The van der Waals surface area contributed by atoms with E-state index in [1.54, 1.807) is 4.57 Å². The number of nitrogens with zero attached hydrogens (tertiary/aromatic N) is 2. The minimum Gasteiger partial charge on any atom is -0.355 e. The van der Waals surface area contributed by atoms with Crippen molar-refractivity contribution >= 4 is 28.8 Å². The van der Waals surface area contributed by atoms with Crippen LogP contribution < -0.4 is 10.6 Å². The normalized spacial score (nSPS) is 17.9. The number of para-hydroxylation sites is 2. The number of likely N-dealkylation sites (N-methyl/N-ethyl adjacent to an activating group) is 1. The summed E-state index contributed by atoms with van der Waals surface area (Å²) in [5.74, 6) is 0.106. The lowest BCUT2D eigenvalue weighted by molar-refractivity contribution is -0.128. The summed E-state index contributed by atoms with van der Waals surface area (Å²) in [4.78, 5) is 28.1. The van der Waals surface area contributed by atoms with Crippen LogP contribution in [0.5, 0.6) is 0 Å². The number of benzene rings is 1. The second-order valence-corrected chi connectivity index (χ2v) is 4.46. The van der Waals surface area contributed by atoms with Gasteiger partial charge in [0.25, 0.3) is 0 Å². The Morgan fingerprint density at radius 1 is 1.53 bits per heavy atom. The predicted octanol–water partition coefficient (Wildman–Crippen LogP) is 1.06. The van der Waals surface area contributed by atoms with E-state index in [0.29, 0.717) is 12.5 Å². The van der Waals surface area contributed by atoms with Gasteiger partial charge in [-0.05, 0) is 19.1 Å². The molecule has 6 heteroatoms. The van der Waals surface area contributed by atoms with Crippen molar-refractivity contribution in [3.8, 4) is 0 Å². The molecule has 2 aromatic rings. The van der Waals surface area contributed by atoms with Gasteiger partial charge in [-0.15, -0.1) is 0 Å². The Labute approximate surface area is 109 Å². The number of aromatic nitrogens is 2. The molecule has 1 aliphatic heterocycles. The van der Waals surface area contributed by atoms with E-state index in [-0.39, 0.29) is 18.2 Å². The molecule has 2 heterocycles. The van der Waals surface area contributed by atoms with Crippen LogP contribution in [0.25, 0.3) is 11.0 Å². The Morgan fingerprint density at radius 2 is 2.32 bits per heavy atom. The molecular formula is C13H14N4O2. The summed E-state index contributed by atoms with van der Waals surface area (Å²) in [6.45, 7) is 2.40. The first kappa shape index (κ1) is 11.7. The first-order chi connectivity index (χ1) is 9.20. The zero-order valence-corrected chi connectivity index (χ0v) is 10.5. The third-order valence-corrected chi connectivity index (χ3v) is 3.19. The van der Waals surface area contributed by atoms with E-state index in [2.05, 4.69) is 15.6 Å². The van der Waals surface area contributed by atoms with Gasteiger partial charge >= 0.3 is 0 Å². The highest BCUT2D eigenvalue weighted by molar-refractivity contribution is 5.99. The van der Waals surface area contributed by atoms with Crippen LogP contribution in [0.3, 0.4) is 0 Å². The number of fused-ring (bicyclic) bond motifs is 3. The number of amides is 2. The van der Waals surface area contributed by atoms with Crippen molar-refractivity contribution in [3.63, 3.8) is 0 Å². The molecule has 6 nitrogen and oxygen atoms in total. The molecule has 1 unspecified atom stereocenters. The zero-order valence-electron chi connectivity index (χ0n) is 10.5. The van der Waals surface area contributed by atoms with Gasteiger partial charge in [0.1, 0.15) is 6.04 Å². The molecule has 1 atom stereocenters. The summed E-state index contributed by atoms with van der Waals surface area (Å²) >= 11 is 0. The molecule has 19 heavy (non-hydrogen) atoms. The predicted molar refractivity (Wildman–Crippen MR) is 70.7 cm³/mol. The van der Waals surface area contributed by atoms with E-state index in [1.165, 1.54) is 0 Å². The highest BCUT2D eigenvalue weighted by Crippen LogP contribution is 2.30. The molecule has 0 radical (unpaired) electrons. The SMILES string of the molecule is CCNC(=O)C1CC(=O)Nc2nc3ccccc3n21. The fourth-order valence-corrected chi connectivity index (χ4v) is 2.39. The van der Waals surface area contributed by atoms with Gasteiger partial charge in [0.05, 0.1) is 17.5 Å². The number of rotatable bonds is 2. The van der Waals surface area contributed by atoms with Gasteiger partial charge in [-0.25, -0.2) is 4.98 Å². The number of carbonyl (C=O) groups excluding carboxylic acids is 2. The lowest BCUT2D eigenvalue weighted by Crippen LogP contribution is -2.38. The van der Waals surface area contributed by atoms with Crippen molar-refractivity contribution < 1.29 is 9.59 Å². The van der Waals surface area contributed by atoms with Gasteiger partial charge in [-0.3, -0.25) is 19.5 Å². The van der Waals surface area contributed by atoms with Crippen LogP contribution in [-0.4, -0.2) is 27.9 Å². The summed E-state index contributed by atoms with van der Waals surface area (Å²) in [6, 6.07) is 7.00. The molecule has 0 saturated heterocycles. The molecule has 3 rings (SSSR count). The van der Waals surface area contributed by atoms with Gasteiger partial charge in [0.2, 0.25) is 17.8 Å². The molecule has 0 saturated carbocycles. The van der Waals surface area contributed by atoms with Crippen LogP contribution >= 0.6 is 0 Å². The largest absolute Gasteiger partial charge is 0.355 e. The van der Waals surface area contributed by atoms with Crippen molar-refractivity contribution in [2.45, 2.75) is 19.4 Å². The van der Waals surface area contributed by atoms with Gasteiger partial charge in [0, 0.05) is 6.54 Å². The molecule has 0 aliphatic carbocycles. The Bertz CT molecular complexity index is 662. The van der Waals surface area contributed by atoms with Crippen LogP contribution in [0.4, 0.5) is 5.95 Å². The number of anilines is 1. The summed E-state index contributed by atoms with van der Waals surface area (Å²) < 4.78 is 1.79. The van der Waals surface area contributed by atoms with E-state index >= 15 is 0 Å². The molecule has 1 aromatic carbocycles. The smallest absolute Gasteiger partial charge is 0.243 e. The number of nitrogens with one attached hydrogen (secondary N) is 2. The van der Waals surface area contributed by atoms with Crippen LogP contribution in [0.2, 0.25) is 0 Å². The Morgan fingerprint density at radius 3 is 3.11 bits per heavy atom. The maximum absolute atomic E-state index is 12.1. The van der Waals surface area contributed by atoms with Crippen LogP contribution in [-0.2, 0) is 9.59 Å². The average molecular weight is 258 g/mol. The zero-order chi connectivity index (χ0) is 13.4. The lowest BCUT2D eigenvalue weighted by Gasteiger charge is -2.24. The Balaban J connectivity index is 2.15. The van der Waals surface area contributed by atoms with Gasteiger partial charge in [-0.1, -0.05) is 12.1 Å².